The second kappa shape index (κ2) is 10.8. The van der Waals surface area contributed by atoms with E-state index in [9.17, 15) is 4.79 Å². The quantitative estimate of drug-likeness (QED) is 0.607. The van der Waals surface area contributed by atoms with Crippen molar-refractivity contribution in [2.75, 3.05) is 20.3 Å². The van der Waals surface area contributed by atoms with Crippen molar-refractivity contribution in [3.63, 3.8) is 0 Å². The van der Waals surface area contributed by atoms with Gasteiger partial charge in [-0.25, -0.2) is 0 Å². The van der Waals surface area contributed by atoms with Crippen LogP contribution in [0, 0.1) is 0 Å². The van der Waals surface area contributed by atoms with Crippen LogP contribution in [0.25, 0.3) is 0 Å². The Bertz CT molecular complexity index is 749. The average Bonchev–Trinajstić information content (AvgIpc) is 2.66. The number of halogens is 1. The van der Waals surface area contributed by atoms with Crippen molar-refractivity contribution in [2.45, 2.75) is 33.0 Å². The molecule has 2 aromatic rings. The van der Waals surface area contributed by atoms with Crippen LogP contribution in [0.15, 0.2) is 42.5 Å². The number of carbonyl (C=O) groups is 1. The molecule has 0 aromatic heterocycles. The third-order valence-electron chi connectivity index (χ3n) is 3.82. The third-order valence-corrected chi connectivity index (χ3v) is 4.19. The molecule has 27 heavy (non-hydrogen) atoms. The van der Waals surface area contributed by atoms with Crippen LogP contribution >= 0.6 is 11.6 Å². The van der Waals surface area contributed by atoms with Crippen molar-refractivity contribution >= 4 is 17.5 Å². The highest BCUT2D eigenvalue weighted by Crippen LogP contribution is 2.29. The molecule has 0 aliphatic rings. The van der Waals surface area contributed by atoms with Gasteiger partial charge < -0.3 is 19.5 Å². The average molecular weight is 392 g/mol. The maximum atomic E-state index is 12.3. The maximum absolute atomic E-state index is 12.3. The number of carbonyl (C=O) groups excluding carboxylic acids is 1. The summed E-state index contributed by atoms with van der Waals surface area (Å²) in [6.07, 6.45) is 0.961. The van der Waals surface area contributed by atoms with Gasteiger partial charge in [0.2, 0.25) is 0 Å². The van der Waals surface area contributed by atoms with E-state index in [1.54, 1.807) is 25.3 Å². The number of amides is 1. The third kappa shape index (κ3) is 6.77. The lowest BCUT2D eigenvalue weighted by atomic mass is 10.2. The molecule has 5 nitrogen and oxygen atoms in total. The Balaban J connectivity index is 1.92. The molecule has 0 fully saturated rings. The van der Waals surface area contributed by atoms with Crippen LogP contribution in [0.5, 0.6) is 11.5 Å². The number of hydrogen-bond acceptors (Lipinski definition) is 4. The number of hydrogen-bond donors (Lipinski definition) is 1. The van der Waals surface area contributed by atoms with Crippen LogP contribution in [-0.2, 0) is 11.3 Å². The Morgan fingerprint density at radius 3 is 2.63 bits per heavy atom. The molecular formula is C21H26ClNO4. The van der Waals surface area contributed by atoms with E-state index in [1.165, 1.54) is 0 Å². The van der Waals surface area contributed by atoms with E-state index in [0.29, 0.717) is 41.8 Å². The van der Waals surface area contributed by atoms with Gasteiger partial charge in [0.1, 0.15) is 6.61 Å². The van der Waals surface area contributed by atoms with E-state index in [-0.39, 0.29) is 12.0 Å². The van der Waals surface area contributed by atoms with Gasteiger partial charge in [0, 0.05) is 29.3 Å². The van der Waals surface area contributed by atoms with Crippen molar-refractivity contribution in [1.29, 1.82) is 0 Å². The molecule has 0 atom stereocenters. The van der Waals surface area contributed by atoms with Gasteiger partial charge in [0.05, 0.1) is 13.2 Å². The van der Waals surface area contributed by atoms with E-state index in [4.69, 9.17) is 25.8 Å². The lowest BCUT2D eigenvalue weighted by Crippen LogP contribution is -2.25. The number of rotatable bonds is 10. The van der Waals surface area contributed by atoms with E-state index < -0.39 is 0 Å². The first kappa shape index (κ1) is 21.1. The molecule has 0 heterocycles. The van der Waals surface area contributed by atoms with Crippen molar-refractivity contribution < 1.29 is 19.0 Å². The van der Waals surface area contributed by atoms with Crippen LogP contribution in [0.3, 0.4) is 0 Å². The topological polar surface area (TPSA) is 56.8 Å². The van der Waals surface area contributed by atoms with E-state index in [1.807, 2.05) is 38.1 Å². The predicted molar refractivity (Wildman–Crippen MR) is 107 cm³/mol. The van der Waals surface area contributed by atoms with Gasteiger partial charge >= 0.3 is 0 Å². The molecule has 6 heteroatoms. The smallest absolute Gasteiger partial charge is 0.251 e. The number of ether oxygens (including phenoxy) is 3. The molecule has 0 radical (unpaired) electrons. The molecule has 0 unspecified atom stereocenters. The summed E-state index contributed by atoms with van der Waals surface area (Å²) >= 11 is 6.15. The minimum atomic E-state index is -0.157. The van der Waals surface area contributed by atoms with Crippen LogP contribution in [0.1, 0.15) is 36.2 Å². The Hall–Kier alpha value is -2.24. The van der Waals surface area contributed by atoms with Crippen molar-refractivity contribution in [3.8, 4) is 11.5 Å². The summed E-state index contributed by atoms with van der Waals surface area (Å²) in [7, 11) is 1.54. The van der Waals surface area contributed by atoms with Gasteiger partial charge in [-0.1, -0.05) is 29.8 Å². The summed E-state index contributed by atoms with van der Waals surface area (Å²) in [5, 5.41) is 3.52. The number of benzene rings is 2. The summed E-state index contributed by atoms with van der Waals surface area (Å²) < 4.78 is 16.6. The largest absolute Gasteiger partial charge is 0.493 e. The highest BCUT2D eigenvalue weighted by molar-refractivity contribution is 6.31. The first-order valence-electron chi connectivity index (χ1n) is 8.95. The zero-order chi connectivity index (χ0) is 19.6. The molecule has 1 N–H and O–H groups in total. The lowest BCUT2D eigenvalue weighted by molar-refractivity contribution is 0.0757. The van der Waals surface area contributed by atoms with Gasteiger partial charge in [-0.05, 0) is 44.5 Å². The van der Waals surface area contributed by atoms with Crippen LogP contribution in [0.2, 0.25) is 5.02 Å². The summed E-state index contributed by atoms with van der Waals surface area (Å²) in [4.78, 5) is 12.3. The van der Waals surface area contributed by atoms with Crippen LogP contribution in [0.4, 0.5) is 0 Å². The van der Waals surface area contributed by atoms with Crippen LogP contribution < -0.4 is 14.8 Å². The van der Waals surface area contributed by atoms with Gasteiger partial charge in [0.15, 0.2) is 11.5 Å². The fraction of sp³-hybridized carbons (Fsp3) is 0.381. The van der Waals surface area contributed by atoms with E-state index in [0.717, 1.165) is 12.0 Å². The van der Waals surface area contributed by atoms with Gasteiger partial charge in [-0.2, -0.15) is 0 Å². The Morgan fingerprint density at radius 2 is 1.93 bits per heavy atom. The van der Waals surface area contributed by atoms with Crippen molar-refractivity contribution in [3.05, 3.63) is 58.6 Å². The predicted octanol–water partition coefficient (Wildman–Crippen LogP) is 4.47. The Kier molecular flexibility index (Phi) is 8.43. The normalized spacial score (nSPS) is 10.7. The number of methoxy groups -OCH3 is 1. The molecule has 0 aliphatic heterocycles. The molecule has 146 valence electrons. The Morgan fingerprint density at radius 1 is 1.15 bits per heavy atom. The molecule has 1 amide bonds. The maximum Gasteiger partial charge on any atom is 0.251 e. The molecular weight excluding hydrogens is 366 g/mol. The minimum Gasteiger partial charge on any atom is -0.493 e. The van der Waals surface area contributed by atoms with E-state index >= 15 is 0 Å². The molecule has 0 saturated carbocycles. The summed E-state index contributed by atoms with van der Waals surface area (Å²) in [5.74, 6) is 0.896. The molecule has 0 aliphatic carbocycles. The summed E-state index contributed by atoms with van der Waals surface area (Å²) in [6.45, 7) is 5.46. The second-order valence-electron chi connectivity index (χ2n) is 6.27. The van der Waals surface area contributed by atoms with Gasteiger partial charge in [-0.15, -0.1) is 0 Å². The van der Waals surface area contributed by atoms with Gasteiger partial charge in [-0.3, -0.25) is 4.79 Å². The minimum absolute atomic E-state index is 0.157. The zero-order valence-electron chi connectivity index (χ0n) is 16.0. The second-order valence-corrected chi connectivity index (χ2v) is 6.68. The zero-order valence-corrected chi connectivity index (χ0v) is 16.7. The standard InChI is InChI=1S/C21H26ClNO4/c1-15(2)26-12-6-11-23-21(24)16-9-10-19(20(13-16)25-3)27-14-17-7-4-5-8-18(17)22/h4-5,7-10,13,15H,6,11-12,14H2,1-3H3,(H,23,24). The number of nitrogens with one attached hydrogen (secondary N) is 1. The SMILES string of the molecule is COc1cc(C(=O)NCCCOC(C)C)ccc1OCc1ccccc1Cl. The highest BCUT2D eigenvalue weighted by atomic mass is 35.5. The Labute approximate surface area is 165 Å². The highest BCUT2D eigenvalue weighted by Gasteiger charge is 2.12. The monoisotopic (exact) mass is 391 g/mol. The molecule has 2 aromatic carbocycles. The van der Waals surface area contributed by atoms with Gasteiger partial charge in [0.25, 0.3) is 5.91 Å². The molecule has 0 bridgehead atoms. The summed E-state index contributed by atoms with van der Waals surface area (Å²) in [6, 6.07) is 12.6. The fourth-order valence-electron chi connectivity index (χ4n) is 2.39. The first-order chi connectivity index (χ1) is 13.0. The van der Waals surface area contributed by atoms with Crippen molar-refractivity contribution in [1.82, 2.24) is 5.32 Å². The summed E-state index contributed by atoms with van der Waals surface area (Å²) in [5.41, 5.74) is 1.40. The first-order valence-corrected chi connectivity index (χ1v) is 9.33. The fourth-order valence-corrected chi connectivity index (χ4v) is 2.58. The molecule has 0 saturated heterocycles. The lowest BCUT2D eigenvalue weighted by Gasteiger charge is -2.13. The van der Waals surface area contributed by atoms with Crippen molar-refractivity contribution in [2.24, 2.45) is 0 Å². The molecule has 0 spiro atoms. The van der Waals surface area contributed by atoms with E-state index in [2.05, 4.69) is 5.32 Å². The molecule has 2 rings (SSSR count). The van der Waals surface area contributed by atoms with Crippen LogP contribution in [-0.4, -0.2) is 32.3 Å².